The van der Waals surface area contributed by atoms with Gasteiger partial charge in [-0.1, -0.05) is 12.1 Å². The number of aliphatic hydroxyl groups is 1. The van der Waals surface area contributed by atoms with Gasteiger partial charge in [0.25, 0.3) is 0 Å². The fourth-order valence-electron chi connectivity index (χ4n) is 1.93. The minimum atomic E-state index is -3.61. The van der Waals surface area contributed by atoms with E-state index in [1.54, 1.807) is 36.9 Å². The van der Waals surface area contributed by atoms with Crippen molar-refractivity contribution in [2.45, 2.75) is 18.0 Å². The Morgan fingerprint density at radius 3 is 2.71 bits per heavy atom. The number of hydrogen-bond acceptors (Lipinski definition) is 4. The lowest BCUT2D eigenvalue weighted by molar-refractivity contribution is 0.272. The zero-order valence-electron chi connectivity index (χ0n) is 11.9. The van der Waals surface area contributed by atoms with Crippen LogP contribution in [0.4, 0.5) is 0 Å². The number of nitrogens with zero attached hydrogens (tertiary/aromatic N) is 1. The monoisotopic (exact) mass is 310 g/mol. The molecule has 2 N–H and O–H groups in total. The Hall–Kier alpha value is -1.83. The molecule has 0 atom stereocenters. The van der Waals surface area contributed by atoms with Crippen LogP contribution >= 0.6 is 0 Å². The molecule has 0 unspecified atom stereocenters. The van der Waals surface area contributed by atoms with E-state index < -0.39 is 10.0 Å². The summed E-state index contributed by atoms with van der Waals surface area (Å²) in [6.07, 6.45) is 1.47. The molecule has 0 amide bonds. The van der Waals surface area contributed by atoms with Crippen LogP contribution in [-0.2, 0) is 30.2 Å². The van der Waals surface area contributed by atoms with Crippen molar-refractivity contribution in [3.63, 3.8) is 0 Å². The number of rotatable bonds is 6. The molecule has 0 spiro atoms. The van der Waals surface area contributed by atoms with Gasteiger partial charge in [-0.05, 0) is 23.8 Å². The number of hydrogen-bond donors (Lipinski definition) is 2. The smallest absolute Gasteiger partial charge is 0.242 e. The maximum absolute atomic E-state index is 12.2. The van der Waals surface area contributed by atoms with Crippen molar-refractivity contribution < 1.29 is 18.3 Å². The summed E-state index contributed by atoms with van der Waals surface area (Å²) in [5.41, 5.74) is 1.34. The number of sulfonamides is 1. The van der Waals surface area contributed by atoms with Gasteiger partial charge < -0.3 is 14.4 Å². The third kappa shape index (κ3) is 3.63. The van der Waals surface area contributed by atoms with Crippen molar-refractivity contribution >= 4 is 10.0 Å². The normalized spacial score (nSPS) is 11.6. The predicted molar refractivity (Wildman–Crippen MR) is 78.4 cm³/mol. The predicted octanol–water partition coefficient (Wildman–Crippen LogP) is 1.00. The third-order valence-electron chi connectivity index (χ3n) is 3.16. The Labute approximate surface area is 124 Å². The van der Waals surface area contributed by atoms with Crippen molar-refractivity contribution in [1.82, 2.24) is 9.29 Å². The van der Waals surface area contributed by atoms with E-state index in [0.29, 0.717) is 11.4 Å². The van der Waals surface area contributed by atoms with Crippen LogP contribution < -0.4 is 9.46 Å². The lowest BCUT2D eigenvalue weighted by atomic mass is 10.2. The molecule has 0 radical (unpaired) electrons. The van der Waals surface area contributed by atoms with Crippen molar-refractivity contribution in [2.75, 3.05) is 7.11 Å². The molecule has 0 aliphatic rings. The number of aryl methyl sites for hydroxylation is 1. The Morgan fingerprint density at radius 2 is 2.10 bits per heavy atom. The Kier molecular flexibility index (Phi) is 4.66. The molecule has 2 aromatic rings. The molecule has 0 bridgehead atoms. The molecule has 2 rings (SSSR count). The molecule has 1 heterocycles. The van der Waals surface area contributed by atoms with E-state index in [0.717, 1.165) is 5.56 Å². The largest absolute Gasteiger partial charge is 0.497 e. The van der Waals surface area contributed by atoms with Crippen LogP contribution in [0.1, 0.15) is 11.3 Å². The number of benzene rings is 1. The van der Waals surface area contributed by atoms with Crippen LogP contribution in [0.5, 0.6) is 5.75 Å². The second-order valence-corrected chi connectivity index (χ2v) is 6.38. The van der Waals surface area contributed by atoms with Crippen LogP contribution in [0.2, 0.25) is 0 Å². The topological polar surface area (TPSA) is 80.6 Å². The average Bonchev–Trinajstić information content (AvgIpc) is 2.87. The second kappa shape index (κ2) is 6.30. The molecule has 1 aromatic carbocycles. The standard InChI is InChI=1S/C14H18N2O4S/c1-16-9-14(7-12(16)10-17)21(18,19)15-8-11-4-3-5-13(6-11)20-2/h3-7,9,15,17H,8,10H2,1-2H3. The maximum atomic E-state index is 12.2. The van der Waals surface area contributed by atoms with Gasteiger partial charge in [0.2, 0.25) is 10.0 Å². The summed E-state index contributed by atoms with van der Waals surface area (Å²) in [6.45, 7) is -0.0369. The van der Waals surface area contributed by atoms with Crippen molar-refractivity contribution in [3.8, 4) is 5.75 Å². The first-order chi connectivity index (χ1) is 9.96. The molecule has 7 heteroatoms. The fourth-order valence-corrected chi connectivity index (χ4v) is 3.04. The highest BCUT2D eigenvalue weighted by molar-refractivity contribution is 7.89. The summed E-state index contributed by atoms with van der Waals surface area (Å²) in [7, 11) is -0.366. The summed E-state index contributed by atoms with van der Waals surface area (Å²) in [5, 5.41) is 9.11. The molecule has 1 aromatic heterocycles. The molecule has 6 nitrogen and oxygen atoms in total. The summed E-state index contributed by atoms with van der Waals surface area (Å²) < 4.78 is 33.6. The van der Waals surface area contributed by atoms with Gasteiger partial charge in [-0.2, -0.15) is 0 Å². The molecule has 114 valence electrons. The number of nitrogens with one attached hydrogen (secondary N) is 1. The van der Waals surface area contributed by atoms with Gasteiger partial charge in [-0.25, -0.2) is 13.1 Å². The lowest BCUT2D eigenvalue weighted by Crippen LogP contribution is -2.22. The first-order valence-corrected chi connectivity index (χ1v) is 7.83. The van der Waals surface area contributed by atoms with Crippen LogP contribution in [0, 0.1) is 0 Å². The van der Waals surface area contributed by atoms with Gasteiger partial charge in [0, 0.05) is 25.5 Å². The molecular weight excluding hydrogens is 292 g/mol. The number of ether oxygens (including phenoxy) is 1. The Morgan fingerprint density at radius 1 is 1.33 bits per heavy atom. The van der Waals surface area contributed by atoms with Crippen LogP contribution in [0.15, 0.2) is 41.4 Å². The molecule has 0 fully saturated rings. The van der Waals surface area contributed by atoms with Gasteiger partial charge in [0.1, 0.15) is 5.75 Å². The first-order valence-electron chi connectivity index (χ1n) is 6.35. The highest BCUT2D eigenvalue weighted by Crippen LogP contribution is 2.16. The molecule has 21 heavy (non-hydrogen) atoms. The van der Waals surface area contributed by atoms with Crippen LogP contribution in [-0.4, -0.2) is 25.2 Å². The van der Waals surface area contributed by atoms with Crippen LogP contribution in [0.25, 0.3) is 0 Å². The van der Waals surface area contributed by atoms with Crippen molar-refractivity contribution in [3.05, 3.63) is 47.8 Å². The quantitative estimate of drug-likeness (QED) is 0.834. The van der Waals surface area contributed by atoms with E-state index in [-0.39, 0.29) is 18.0 Å². The summed E-state index contributed by atoms with van der Waals surface area (Å²) in [6, 6.07) is 8.63. The van der Waals surface area contributed by atoms with Gasteiger partial charge in [0.15, 0.2) is 0 Å². The Balaban J connectivity index is 2.13. The van der Waals surface area contributed by atoms with Gasteiger partial charge in [0.05, 0.1) is 18.6 Å². The summed E-state index contributed by atoms with van der Waals surface area (Å²) in [4.78, 5) is 0.136. The zero-order valence-corrected chi connectivity index (χ0v) is 12.7. The first kappa shape index (κ1) is 15.6. The fraction of sp³-hybridized carbons (Fsp3) is 0.286. The number of methoxy groups -OCH3 is 1. The van der Waals surface area contributed by atoms with Crippen LogP contribution in [0.3, 0.4) is 0 Å². The minimum absolute atomic E-state index is 0.136. The highest BCUT2D eigenvalue weighted by Gasteiger charge is 2.17. The number of aromatic nitrogens is 1. The van der Waals surface area contributed by atoms with E-state index in [4.69, 9.17) is 9.84 Å². The molecular formula is C14H18N2O4S. The van der Waals surface area contributed by atoms with Crippen molar-refractivity contribution in [2.24, 2.45) is 7.05 Å². The van der Waals surface area contributed by atoms with E-state index in [9.17, 15) is 8.42 Å². The number of aliphatic hydroxyl groups excluding tert-OH is 1. The van der Waals surface area contributed by atoms with Gasteiger partial charge in [-0.3, -0.25) is 0 Å². The van der Waals surface area contributed by atoms with Crippen molar-refractivity contribution in [1.29, 1.82) is 0 Å². The highest BCUT2D eigenvalue weighted by atomic mass is 32.2. The average molecular weight is 310 g/mol. The van der Waals surface area contributed by atoms with Gasteiger partial charge >= 0.3 is 0 Å². The molecule has 0 aliphatic carbocycles. The minimum Gasteiger partial charge on any atom is -0.497 e. The maximum Gasteiger partial charge on any atom is 0.242 e. The lowest BCUT2D eigenvalue weighted by Gasteiger charge is -2.06. The van der Waals surface area contributed by atoms with E-state index in [1.165, 1.54) is 12.3 Å². The molecule has 0 aliphatic heterocycles. The zero-order chi connectivity index (χ0) is 15.5. The molecule has 0 saturated heterocycles. The van der Waals surface area contributed by atoms with E-state index in [2.05, 4.69) is 4.72 Å². The summed E-state index contributed by atoms with van der Waals surface area (Å²) in [5.74, 6) is 0.675. The third-order valence-corrected chi connectivity index (χ3v) is 4.52. The second-order valence-electron chi connectivity index (χ2n) is 4.61. The van der Waals surface area contributed by atoms with E-state index in [1.807, 2.05) is 6.07 Å². The Bertz CT molecular complexity index is 722. The summed E-state index contributed by atoms with van der Waals surface area (Å²) >= 11 is 0. The van der Waals surface area contributed by atoms with Gasteiger partial charge in [-0.15, -0.1) is 0 Å². The molecule has 0 saturated carbocycles. The van der Waals surface area contributed by atoms with E-state index >= 15 is 0 Å². The SMILES string of the molecule is COc1cccc(CNS(=O)(=O)c2cc(CO)n(C)c2)c1.